The van der Waals surface area contributed by atoms with Gasteiger partial charge >= 0.3 is 0 Å². The molecule has 0 bridgehead atoms. The van der Waals surface area contributed by atoms with Crippen LogP contribution in [0.4, 0.5) is 5.95 Å². The maximum atomic E-state index is 11.6. The summed E-state index contributed by atoms with van der Waals surface area (Å²) in [7, 11) is 3.59. The number of anilines is 1. The summed E-state index contributed by atoms with van der Waals surface area (Å²) in [5.74, 6) is 0.210. The summed E-state index contributed by atoms with van der Waals surface area (Å²) in [6.07, 6.45) is 7.15. The van der Waals surface area contributed by atoms with E-state index in [1.807, 2.05) is 0 Å². The van der Waals surface area contributed by atoms with Gasteiger partial charge in [0.15, 0.2) is 11.9 Å². The third kappa shape index (κ3) is 4.46. The van der Waals surface area contributed by atoms with E-state index < -0.39 is 0 Å². The Morgan fingerprint density at radius 3 is 2.93 bits per heavy atom. The van der Waals surface area contributed by atoms with Gasteiger partial charge in [0.25, 0.3) is 0 Å². The molecule has 29 heavy (non-hydrogen) atoms. The number of aromatic nitrogens is 4. The molecule has 3 aromatic rings. The van der Waals surface area contributed by atoms with E-state index >= 15 is 0 Å². The minimum Gasteiger partial charge on any atom is -0.402 e. The van der Waals surface area contributed by atoms with Crippen LogP contribution in [-0.4, -0.2) is 50.3 Å². The second-order valence-corrected chi connectivity index (χ2v) is 7.37. The largest absolute Gasteiger partial charge is 0.402 e. The van der Waals surface area contributed by atoms with Crippen molar-refractivity contribution in [3.63, 3.8) is 0 Å². The number of nitrogens with one attached hydrogen (secondary N) is 1. The monoisotopic (exact) mass is 411 g/mol. The molecule has 3 heterocycles. The fraction of sp³-hybridized carbons (Fsp3) is 0.222. The van der Waals surface area contributed by atoms with Gasteiger partial charge in [0, 0.05) is 44.2 Å². The van der Waals surface area contributed by atoms with Crippen molar-refractivity contribution in [3.8, 4) is 0 Å². The van der Waals surface area contributed by atoms with Crippen molar-refractivity contribution in [3.05, 3.63) is 46.0 Å². The number of aryl methyl sites for hydroxylation is 1. The molecule has 10 nitrogen and oxygen atoms in total. The second-order valence-electron chi connectivity index (χ2n) is 6.29. The number of hydrogen-bond acceptors (Lipinski definition) is 10. The lowest BCUT2D eigenvalue weighted by Gasteiger charge is -2.11. The van der Waals surface area contributed by atoms with Crippen LogP contribution in [0.5, 0.6) is 0 Å². The van der Waals surface area contributed by atoms with Crippen LogP contribution in [0.15, 0.2) is 29.1 Å². The normalized spacial score (nSPS) is 12.0. The van der Waals surface area contributed by atoms with Crippen LogP contribution < -0.4 is 11.5 Å². The summed E-state index contributed by atoms with van der Waals surface area (Å²) in [5.41, 5.74) is 14.7. The Kier molecular flexibility index (Phi) is 5.98. The molecule has 0 saturated heterocycles. The van der Waals surface area contributed by atoms with Gasteiger partial charge in [0.1, 0.15) is 5.01 Å². The Labute approximate surface area is 171 Å². The summed E-state index contributed by atoms with van der Waals surface area (Å²) in [6.45, 7) is 0.439. The number of nitrogens with zero attached hydrogens (tertiary/aromatic N) is 6. The lowest BCUT2D eigenvalue weighted by molar-refractivity contribution is 0.111. The van der Waals surface area contributed by atoms with Crippen LogP contribution >= 0.6 is 11.3 Å². The number of hydrazone groups is 1. The summed E-state index contributed by atoms with van der Waals surface area (Å²) in [6, 6.07) is 1.77. The van der Waals surface area contributed by atoms with E-state index in [1.165, 1.54) is 17.4 Å². The molecule has 0 fully saturated rings. The molecule has 150 valence electrons. The Morgan fingerprint density at radius 1 is 1.45 bits per heavy atom. The molecule has 0 aliphatic carbocycles. The standard InChI is InChI=1S/C18H21N9OS/c1-26(9-12-4-6-22-18(21)24-12)23-8-13-14(10-28)27(2)17-16(13)29-15(25-17)7-11(20)3-5-19/h3-6,8,10,19H,7,9,20H2,1-2H3,(H2,21,22,24)/b11-3?,19-5?,23-8-. The maximum absolute atomic E-state index is 11.6. The molecule has 0 amide bonds. The molecule has 0 spiro atoms. The Morgan fingerprint density at radius 2 is 2.24 bits per heavy atom. The zero-order valence-corrected chi connectivity index (χ0v) is 16.8. The molecule has 11 heteroatoms. The van der Waals surface area contributed by atoms with Gasteiger partial charge in [0.2, 0.25) is 5.95 Å². The Balaban J connectivity index is 1.89. The number of fused-ring (bicyclic) bond motifs is 1. The number of allylic oxidation sites excluding steroid dienone is 2. The Hall–Kier alpha value is -3.60. The fourth-order valence-electron chi connectivity index (χ4n) is 2.79. The highest BCUT2D eigenvalue weighted by Gasteiger charge is 2.18. The molecule has 0 aliphatic rings. The van der Waals surface area contributed by atoms with Crippen molar-refractivity contribution < 1.29 is 4.79 Å². The molecule has 0 unspecified atom stereocenters. The molecule has 0 saturated carbocycles. The molecule has 0 radical (unpaired) electrons. The highest BCUT2D eigenvalue weighted by Crippen LogP contribution is 2.29. The first-order valence-corrected chi connectivity index (χ1v) is 9.45. The van der Waals surface area contributed by atoms with Crippen molar-refractivity contribution in [1.82, 2.24) is 24.5 Å². The summed E-state index contributed by atoms with van der Waals surface area (Å²) in [4.78, 5) is 24.2. The van der Waals surface area contributed by atoms with E-state index in [-0.39, 0.29) is 5.95 Å². The van der Waals surface area contributed by atoms with Gasteiger partial charge in [0.05, 0.1) is 28.8 Å². The number of rotatable bonds is 8. The van der Waals surface area contributed by atoms with Gasteiger partial charge < -0.3 is 21.4 Å². The van der Waals surface area contributed by atoms with Gasteiger partial charge in [-0.25, -0.2) is 15.0 Å². The third-order valence-electron chi connectivity index (χ3n) is 4.12. The van der Waals surface area contributed by atoms with Crippen LogP contribution in [0, 0.1) is 5.41 Å². The number of carbonyl (C=O) groups excluding carboxylic acids is 1. The summed E-state index contributed by atoms with van der Waals surface area (Å²) >= 11 is 1.45. The van der Waals surface area contributed by atoms with Crippen molar-refractivity contribution >= 4 is 46.3 Å². The van der Waals surface area contributed by atoms with E-state index in [2.05, 4.69) is 20.1 Å². The molecule has 3 rings (SSSR count). The molecule has 5 N–H and O–H groups in total. The Bertz CT molecular complexity index is 1110. The van der Waals surface area contributed by atoms with E-state index in [0.717, 1.165) is 27.9 Å². The van der Waals surface area contributed by atoms with E-state index in [0.29, 0.717) is 35.6 Å². The van der Waals surface area contributed by atoms with Gasteiger partial charge in [-0.05, 0) is 12.1 Å². The zero-order chi connectivity index (χ0) is 21.0. The van der Waals surface area contributed by atoms with Crippen molar-refractivity contribution in [2.24, 2.45) is 17.9 Å². The first kappa shape index (κ1) is 20.1. The maximum Gasteiger partial charge on any atom is 0.220 e. The average Bonchev–Trinajstić information content (AvgIpc) is 3.17. The zero-order valence-electron chi connectivity index (χ0n) is 16.0. The molecule has 3 aromatic heterocycles. The van der Waals surface area contributed by atoms with Crippen molar-refractivity contribution in [1.29, 1.82) is 5.41 Å². The second kappa shape index (κ2) is 8.61. The molecular formula is C18H21N9OS. The summed E-state index contributed by atoms with van der Waals surface area (Å²) < 4.78 is 2.60. The van der Waals surface area contributed by atoms with Crippen molar-refractivity contribution in [2.45, 2.75) is 13.0 Å². The van der Waals surface area contributed by atoms with Crippen LogP contribution in [-0.2, 0) is 20.0 Å². The highest BCUT2D eigenvalue weighted by atomic mass is 32.1. The SMILES string of the molecule is CN(Cc1ccnc(N)n1)/N=C\c1c(C=O)n(C)c2nc(CC(N)=CC=N)sc12. The summed E-state index contributed by atoms with van der Waals surface area (Å²) in [5, 5.41) is 14.0. The number of nitrogens with two attached hydrogens (primary N) is 2. The van der Waals surface area contributed by atoms with Crippen LogP contribution in [0.2, 0.25) is 0 Å². The quantitative estimate of drug-likeness (QED) is 0.287. The number of hydrogen-bond donors (Lipinski definition) is 3. The minimum absolute atomic E-state index is 0.210. The number of thiazole rings is 1. The van der Waals surface area contributed by atoms with Gasteiger partial charge in [-0.1, -0.05) is 0 Å². The van der Waals surface area contributed by atoms with Gasteiger partial charge in [-0.3, -0.25) is 9.80 Å². The van der Waals surface area contributed by atoms with Gasteiger partial charge in [-0.15, -0.1) is 11.3 Å². The van der Waals surface area contributed by atoms with Crippen LogP contribution in [0.1, 0.15) is 26.8 Å². The van der Waals surface area contributed by atoms with Crippen molar-refractivity contribution in [2.75, 3.05) is 12.8 Å². The first-order chi connectivity index (χ1) is 13.9. The number of nitrogen functional groups attached to an aromatic ring is 1. The fourth-order valence-corrected chi connectivity index (χ4v) is 3.93. The minimum atomic E-state index is 0.210. The molecule has 0 aliphatic heterocycles. The van der Waals surface area contributed by atoms with E-state index in [1.54, 1.807) is 42.1 Å². The third-order valence-corrected chi connectivity index (χ3v) is 5.20. The van der Waals surface area contributed by atoms with Gasteiger partial charge in [-0.2, -0.15) is 5.10 Å². The predicted octanol–water partition coefficient (Wildman–Crippen LogP) is 1.32. The average molecular weight is 411 g/mol. The first-order valence-electron chi connectivity index (χ1n) is 8.63. The van der Waals surface area contributed by atoms with E-state index in [4.69, 9.17) is 16.9 Å². The molecule has 0 atom stereocenters. The number of carbonyl (C=O) groups is 1. The topological polar surface area (TPSA) is 152 Å². The molecule has 0 aromatic carbocycles. The predicted molar refractivity (Wildman–Crippen MR) is 114 cm³/mol. The highest BCUT2D eigenvalue weighted by molar-refractivity contribution is 7.19. The number of aldehydes is 1. The van der Waals surface area contributed by atoms with Crippen LogP contribution in [0.3, 0.4) is 0 Å². The van der Waals surface area contributed by atoms with Crippen LogP contribution in [0.25, 0.3) is 10.3 Å². The molecular weight excluding hydrogens is 390 g/mol. The van der Waals surface area contributed by atoms with E-state index in [9.17, 15) is 4.79 Å². The smallest absolute Gasteiger partial charge is 0.220 e. The lowest BCUT2D eigenvalue weighted by atomic mass is 10.3. The lowest BCUT2D eigenvalue weighted by Crippen LogP contribution is -2.13.